The standard InChI is InChI=1S/C22H18ClNO3S2/c1-27-16-8-6-14(7-9-16)22(15-10-11-28-13-15)12-18(25)20(21(26)24-22)29-19-5-3-2-4-17(19)23/h2-11,13,25H,12H2,1H3,(H,24,26). The fourth-order valence-electron chi connectivity index (χ4n) is 3.40. The first-order valence-corrected chi connectivity index (χ1v) is 11.0. The first kappa shape index (κ1) is 19.9. The predicted octanol–water partition coefficient (Wildman–Crippen LogP) is 5.74. The number of halogens is 1. The molecule has 7 heteroatoms. The van der Waals surface area contributed by atoms with Crippen LogP contribution in [0.4, 0.5) is 0 Å². The predicted molar refractivity (Wildman–Crippen MR) is 118 cm³/mol. The molecule has 1 aliphatic heterocycles. The van der Waals surface area contributed by atoms with Crippen molar-refractivity contribution in [3.63, 3.8) is 0 Å². The Bertz CT molecular complexity index is 1060. The fourth-order valence-corrected chi connectivity index (χ4v) is 5.25. The average molecular weight is 444 g/mol. The highest BCUT2D eigenvalue weighted by Gasteiger charge is 2.43. The quantitative estimate of drug-likeness (QED) is 0.528. The van der Waals surface area contributed by atoms with E-state index in [2.05, 4.69) is 5.32 Å². The second kappa shape index (κ2) is 8.14. The molecular weight excluding hydrogens is 426 g/mol. The normalized spacial score (nSPS) is 19.2. The van der Waals surface area contributed by atoms with Gasteiger partial charge in [0.25, 0.3) is 5.91 Å². The number of aliphatic hydroxyl groups excluding tert-OH is 1. The van der Waals surface area contributed by atoms with Crippen molar-refractivity contribution in [1.29, 1.82) is 0 Å². The summed E-state index contributed by atoms with van der Waals surface area (Å²) in [5, 5.41) is 18.6. The van der Waals surface area contributed by atoms with Gasteiger partial charge in [-0.3, -0.25) is 4.79 Å². The molecule has 0 saturated carbocycles. The third-order valence-corrected chi connectivity index (χ3v) is 7.20. The molecule has 1 amide bonds. The van der Waals surface area contributed by atoms with E-state index in [1.807, 2.05) is 59.3 Å². The molecule has 0 radical (unpaired) electrons. The van der Waals surface area contributed by atoms with Crippen molar-refractivity contribution in [2.75, 3.05) is 7.11 Å². The van der Waals surface area contributed by atoms with Crippen molar-refractivity contribution in [3.05, 3.63) is 92.2 Å². The SMILES string of the molecule is COc1ccc(C2(c3ccsc3)CC(O)=C(Sc3ccccc3Cl)C(=O)N2)cc1. The van der Waals surface area contributed by atoms with E-state index in [0.717, 1.165) is 21.8 Å². The molecular formula is C22H18ClNO3S2. The van der Waals surface area contributed by atoms with Gasteiger partial charge >= 0.3 is 0 Å². The summed E-state index contributed by atoms with van der Waals surface area (Å²) >= 11 is 8.95. The van der Waals surface area contributed by atoms with Gasteiger partial charge in [-0.15, -0.1) is 0 Å². The van der Waals surface area contributed by atoms with E-state index >= 15 is 0 Å². The second-order valence-electron chi connectivity index (χ2n) is 6.59. The summed E-state index contributed by atoms with van der Waals surface area (Å²) in [5.74, 6) is 0.437. The van der Waals surface area contributed by atoms with E-state index in [1.54, 1.807) is 24.5 Å². The number of ether oxygens (including phenoxy) is 1. The maximum atomic E-state index is 13.1. The van der Waals surface area contributed by atoms with Gasteiger partial charge in [-0.05, 0) is 52.2 Å². The summed E-state index contributed by atoms with van der Waals surface area (Å²) in [6.07, 6.45) is 0.245. The molecule has 0 spiro atoms. The Kier molecular flexibility index (Phi) is 5.58. The van der Waals surface area contributed by atoms with Gasteiger partial charge in [-0.1, -0.05) is 47.6 Å². The third-order valence-electron chi connectivity index (χ3n) is 4.87. The number of aliphatic hydroxyl groups is 1. The van der Waals surface area contributed by atoms with Crippen molar-refractivity contribution in [2.24, 2.45) is 0 Å². The average Bonchev–Trinajstić information content (AvgIpc) is 3.27. The van der Waals surface area contributed by atoms with Crippen LogP contribution in [0.3, 0.4) is 0 Å². The number of carbonyl (C=O) groups excluding carboxylic acids is 1. The number of rotatable bonds is 5. The maximum absolute atomic E-state index is 13.1. The van der Waals surface area contributed by atoms with Crippen LogP contribution in [0.25, 0.3) is 0 Å². The summed E-state index contributed by atoms with van der Waals surface area (Å²) < 4.78 is 5.26. The van der Waals surface area contributed by atoms with Gasteiger partial charge in [0.15, 0.2) is 0 Å². The third kappa shape index (κ3) is 3.75. The number of nitrogens with one attached hydrogen (secondary N) is 1. The molecule has 0 bridgehead atoms. The first-order chi connectivity index (χ1) is 14.0. The summed E-state index contributed by atoms with van der Waals surface area (Å²) in [7, 11) is 1.61. The number of thioether (sulfide) groups is 1. The summed E-state index contributed by atoms with van der Waals surface area (Å²) in [5.41, 5.74) is 0.950. The van der Waals surface area contributed by atoms with Crippen LogP contribution in [0.5, 0.6) is 5.75 Å². The van der Waals surface area contributed by atoms with Crippen LogP contribution in [-0.2, 0) is 10.3 Å². The van der Waals surface area contributed by atoms with E-state index in [-0.39, 0.29) is 23.0 Å². The lowest BCUT2D eigenvalue weighted by Crippen LogP contribution is -2.50. The molecule has 4 rings (SSSR count). The lowest BCUT2D eigenvalue weighted by molar-refractivity contribution is -0.119. The smallest absolute Gasteiger partial charge is 0.262 e. The number of thiophene rings is 1. The Labute approximate surface area is 182 Å². The zero-order valence-corrected chi connectivity index (χ0v) is 17.9. The van der Waals surface area contributed by atoms with Crippen LogP contribution in [0.15, 0.2) is 80.9 Å². The molecule has 0 aliphatic carbocycles. The molecule has 29 heavy (non-hydrogen) atoms. The topological polar surface area (TPSA) is 58.6 Å². The van der Waals surface area contributed by atoms with E-state index in [1.165, 1.54) is 11.8 Å². The van der Waals surface area contributed by atoms with Gasteiger partial charge in [0.2, 0.25) is 0 Å². The lowest BCUT2D eigenvalue weighted by Gasteiger charge is -2.38. The summed E-state index contributed by atoms with van der Waals surface area (Å²) in [4.78, 5) is 14.1. The number of hydrogen-bond acceptors (Lipinski definition) is 5. The van der Waals surface area contributed by atoms with Crippen molar-refractivity contribution < 1.29 is 14.6 Å². The molecule has 0 fully saturated rings. The Hall–Kier alpha value is -2.41. The number of benzene rings is 2. The van der Waals surface area contributed by atoms with Crippen LogP contribution < -0.4 is 10.1 Å². The molecule has 1 atom stereocenters. The highest BCUT2D eigenvalue weighted by molar-refractivity contribution is 8.04. The minimum atomic E-state index is -0.849. The zero-order valence-electron chi connectivity index (χ0n) is 15.5. The van der Waals surface area contributed by atoms with E-state index < -0.39 is 5.54 Å². The van der Waals surface area contributed by atoms with Gasteiger partial charge < -0.3 is 15.2 Å². The monoisotopic (exact) mass is 443 g/mol. The Balaban J connectivity index is 1.76. The second-order valence-corrected chi connectivity index (χ2v) is 8.82. The lowest BCUT2D eigenvalue weighted by atomic mass is 9.79. The number of methoxy groups -OCH3 is 1. The number of carbonyl (C=O) groups is 1. The van der Waals surface area contributed by atoms with Crippen LogP contribution in [0, 0.1) is 0 Å². The zero-order chi connectivity index (χ0) is 20.4. The Morgan fingerprint density at radius 2 is 1.90 bits per heavy atom. The first-order valence-electron chi connectivity index (χ1n) is 8.88. The van der Waals surface area contributed by atoms with E-state index in [0.29, 0.717) is 5.02 Å². The highest BCUT2D eigenvalue weighted by atomic mass is 35.5. The van der Waals surface area contributed by atoms with E-state index in [9.17, 15) is 9.90 Å². The largest absolute Gasteiger partial charge is 0.511 e. The van der Waals surface area contributed by atoms with Gasteiger partial charge in [-0.2, -0.15) is 11.3 Å². The molecule has 2 heterocycles. The van der Waals surface area contributed by atoms with Crippen LogP contribution in [-0.4, -0.2) is 18.1 Å². The minimum absolute atomic E-state index is 0.0423. The molecule has 2 aromatic carbocycles. The van der Waals surface area contributed by atoms with Gasteiger partial charge in [0.05, 0.1) is 17.7 Å². The molecule has 0 saturated heterocycles. The Morgan fingerprint density at radius 1 is 1.14 bits per heavy atom. The van der Waals surface area contributed by atoms with E-state index in [4.69, 9.17) is 16.3 Å². The van der Waals surface area contributed by atoms with Gasteiger partial charge in [-0.25, -0.2) is 0 Å². The minimum Gasteiger partial charge on any atom is -0.511 e. The maximum Gasteiger partial charge on any atom is 0.262 e. The summed E-state index contributed by atoms with van der Waals surface area (Å²) in [6.45, 7) is 0. The summed E-state index contributed by atoms with van der Waals surface area (Å²) in [6, 6.07) is 16.8. The fraction of sp³-hybridized carbons (Fsp3) is 0.136. The van der Waals surface area contributed by atoms with Crippen molar-refractivity contribution in [3.8, 4) is 5.75 Å². The number of hydrogen-bond donors (Lipinski definition) is 2. The van der Waals surface area contributed by atoms with Crippen LogP contribution in [0.1, 0.15) is 17.5 Å². The molecule has 148 valence electrons. The molecule has 2 N–H and O–H groups in total. The molecule has 1 unspecified atom stereocenters. The van der Waals surface area contributed by atoms with Gasteiger partial charge in [0, 0.05) is 11.3 Å². The Morgan fingerprint density at radius 3 is 2.52 bits per heavy atom. The molecule has 4 nitrogen and oxygen atoms in total. The molecule has 1 aromatic heterocycles. The number of amides is 1. The van der Waals surface area contributed by atoms with Crippen molar-refractivity contribution in [1.82, 2.24) is 5.32 Å². The van der Waals surface area contributed by atoms with Crippen molar-refractivity contribution >= 4 is 40.6 Å². The van der Waals surface area contributed by atoms with Crippen molar-refractivity contribution in [2.45, 2.75) is 16.9 Å². The molecule has 3 aromatic rings. The highest BCUT2D eigenvalue weighted by Crippen LogP contribution is 2.44. The van der Waals surface area contributed by atoms with Crippen LogP contribution in [0.2, 0.25) is 5.02 Å². The van der Waals surface area contributed by atoms with Crippen LogP contribution >= 0.6 is 34.7 Å². The van der Waals surface area contributed by atoms with Gasteiger partial charge in [0.1, 0.15) is 16.4 Å². The molecule has 1 aliphatic rings.